The highest BCUT2D eigenvalue weighted by Crippen LogP contribution is 2.55. The molecule has 1 saturated carbocycles. The van der Waals surface area contributed by atoms with E-state index >= 15 is 9.13 Å². The fourth-order valence-electron chi connectivity index (χ4n) is 7.04. The first kappa shape index (κ1) is 38.0. The van der Waals surface area contributed by atoms with Gasteiger partial charge in [0.05, 0.1) is 16.1 Å². The highest BCUT2D eigenvalue weighted by atomic mass is 35.5. The Morgan fingerprint density at radius 1 is 0.500 bits per heavy atom. The van der Waals surface area contributed by atoms with E-state index in [9.17, 15) is 22.7 Å². The summed E-state index contributed by atoms with van der Waals surface area (Å²) < 4.78 is 96.4. The van der Waals surface area contributed by atoms with E-state index in [1.807, 2.05) is 0 Å². The van der Waals surface area contributed by atoms with Crippen molar-refractivity contribution in [2.24, 2.45) is 0 Å². The predicted molar refractivity (Wildman–Crippen MR) is 210 cm³/mol. The van der Waals surface area contributed by atoms with Crippen molar-refractivity contribution in [2.45, 2.75) is 38.2 Å². The highest BCUT2D eigenvalue weighted by molar-refractivity contribution is 7.86. The summed E-state index contributed by atoms with van der Waals surface area (Å²) >= 11 is 13.7. The zero-order valence-electron chi connectivity index (χ0n) is 28.5. The van der Waals surface area contributed by atoms with Gasteiger partial charge in [-0.15, -0.1) is 0 Å². The Morgan fingerprint density at radius 2 is 0.852 bits per heavy atom. The predicted octanol–water partition coefficient (Wildman–Crippen LogP) is 9.91. The van der Waals surface area contributed by atoms with Crippen molar-refractivity contribution in [1.29, 1.82) is 0 Å². The van der Waals surface area contributed by atoms with E-state index in [4.69, 9.17) is 27.9 Å². The van der Waals surface area contributed by atoms with Gasteiger partial charge in [0.15, 0.2) is 14.3 Å². The molecule has 1 N–H and O–H groups in total. The molecule has 54 heavy (non-hydrogen) atoms. The van der Waals surface area contributed by atoms with Crippen LogP contribution in [-0.2, 0) is 9.13 Å². The van der Waals surface area contributed by atoms with Crippen LogP contribution in [-0.4, -0.2) is 11.2 Å². The molecule has 4 nitrogen and oxygen atoms in total. The summed E-state index contributed by atoms with van der Waals surface area (Å²) in [7, 11) is -8.41. The molecule has 0 unspecified atom stereocenters. The van der Waals surface area contributed by atoms with Gasteiger partial charge in [0.25, 0.3) is 0 Å². The minimum absolute atomic E-state index is 0.00972. The molecular formula is C42H32Cl2F4O4P2. The molecule has 0 bridgehead atoms. The summed E-state index contributed by atoms with van der Waals surface area (Å²) in [6, 6.07) is 25.8. The van der Waals surface area contributed by atoms with E-state index in [2.05, 4.69) is 0 Å². The molecule has 0 spiro atoms. The molecule has 0 radical (unpaired) electrons. The molecule has 6 aromatic carbocycles. The molecule has 7 rings (SSSR count). The maximum Gasteiger partial charge on any atom is 0.171 e. The molecule has 0 amide bonds. The van der Waals surface area contributed by atoms with E-state index in [-0.39, 0.29) is 64.9 Å². The van der Waals surface area contributed by atoms with Gasteiger partial charge in [-0.2, -0.15) is 0 Å². The monoisotopic (exact) mass is 808 g/mol. The standard InChI is InChI=1S/C42H32Cl2F4O4P2/c43-35-22-24-37(53(50,31-14-6-26(45)7-15-31)32-16-8-27(46)9-17-32)39(41(35)49)40-38(25-23-36(44)42(40)52-30-4-2-1-3-5-30)54(51,33-18-10-28(47)11-19-33)34-20-12-29(48)13-21-34/h6-25,30,49H,1-5H2. The van der Waals surface area contributed by atoms with Crippen LogP contribution < -0.4 is 36.6 Å². The van der Waals surface area contributed by atoms with Gasteiger partial charge in [-0.05, 0) is 147 Å². The van der Waals surface area contributed by atoms with Crippen LogP contribution in [0.1, 0.15) is 32.1 Å². The number of rotatable bonds is 9. The summed E-state index contributed by atoms with van der Waals surface area (Å²) in [4.78, 5) is 0. The third-order valence-electron chi connectivity index (χ3n) is 9.72. The Labute approximate surface area is 320 Å². The van der Waals surface area contributed by atoms with Gasteiger partial charge >= 0.3 is 0 Å². The second-order valence-corrected chi connectivity index (χ2v) is 19.3. The number of halogens is 6. The molecule has 0 heterocycles. The summed E-state index contributed by atoms with van der Waals surface area (Å²) in [6.07, 6.45) is 3.75. The van der Waals surface area contributed by atoms with Gasteiger partial charge in [-0.25, -0.2) is 17.6 Å². The lowest BCUT2D eigenvalue weighted by Crippen LogP contribution is -2.31. The van der Waals surface area contributed by atoms with Crippen molar-refractivity contribution >= 4 is 69.3 Å². The molecule has 0 aliphatic heterocycles. The normalized spacial score (nSPS) is 13.9. The van der Waals surface area contributed by atoms with Gasteiger partial charge in [-0.3, -0.25) is 0 Å². The van der Waals surface area contributed by atoms with Crippen molar-refractivity contribution in [3.8, 4) is 22.6 Å². The average Bonchev–Trinajstić information content (AvgIpc) is 3.17. The van der Waals surface area contributed by atoms with E-state index in [1.54, 1.807) is 0 Å². The van der Waals surface area contributed by atoms with Crippen molar-refractivity contribution in [2.75, 3.05) is 0 Å². The topological polar surface area (TPSA) is 63.6 Å². The van der Waals surface area contributed by atoms with Gasteiger partial charge in [0.1, 0.15) is 34.8 Å². The number of phenols is 1. The van der Waals surface area contributed by atoms with Crippen LogP contribution >= 0.6 is 37.5 Å². The minimum atomic E-state index is -4.21. The lowest BCUT2D eigenvalue weighted by molar-refractivity contribution is 0.156. The Bertz CT molecular complexity index is 2320. The molecule has 0 aromatic heterocycles. The van der Waals surface area contributed by atoms with Crippen LogP contribution in [0.2, 0.25) is 10.0 Å². The Kier molecular flexibility index (Phi) is 10.9. The molecule has 12 heteroatoms. The zero-order chi connectivity index (χ0) is 38.2. The summed E-state index contributed by atoms with van der Waals surface area (Å²) in [6.45, 7) is 0. The third-order valence-corrected chi connectivity index (χ3v) is 16.5. The number of aromatic hydroxyl groups is 1. The third kappa shape index (κ3) is 7.02. The highest BCUT2D eigenvalue weighted by Gasteiger charge is 2.41. The van der Waals surface area contributed by atoms with Crippen LogP contribution in [0.3, 0.4) is 0 Å². The lowest BCUT2D eigenvalue weighted by atomic mass is 9.97. The van der Waals surface area contributed by atoms with E-state index in [0.717, 1.165) is 67.8 Å². The second-order valence-electron chi connectivity index (χ2n) is 13.1. The Morgan fingerprint density at radius 3 is 1.24 bits per heavy atom. The van der Waals surface area contributed by atoms with Crippen molar-refractivity contribution in [1.82, 2.24) is 0 Å². The van der Waals surface area contributed by atoms with Crippen LogP contribution in [0.4, 0.5) is 17.6 Å². The second kappa shape index (κ2) is 15.4. The van der Waals surface area contributed by atoms with Crippen molar-refractivity contribution in [3.63, 3.8) is 0 Å². The molecule has 1 aliphatic carbocycles. The summed E-state index contributed by atoms with van der Waals surface area (Å²) in [5.41, 5.74) is -0.156. The number of phenolic OH excluding ortho intramolecular Hbond substituents is 1. The van der Waals surface area contributed by atoms with E-state index in [0.29, 0.717) is 12.8 Å². The maximum absolute atomic E-state index is 16.2. The molecule has 6 aromatic rings. The van der Waals surface area contributed by atoms with Crippen molar-refractivity contribution in [3.05, 3.63) is 155 Å². The quantitative estimate of drug-likeness (QED) is 0.117. The first-order chi connectivity index (χ1) is 25.9. The molecule has 276 valence electrons. The smallest absolute Gasteiger partial charge is 0.171 e. The summed E-state index contributed by atoms with van der Waals surface area (Å²) in [5, 5.41) is 12.7. The van der Waals surface area contributed by atoms with Crippen LogP contribution in [0, 0.1) is 23.3 Å². The molecule has 0 saturated heterocycles. The number of hydrogen-bond donors (Lipinski definition) is 1. The van der Waals surface area contributed by atoms with Gasteiger partial charge in [0, 0.05) is 43.0 Å². The first-order valence-corrected chi connectivity index (χ1v) is 21.3. The fourth-order valence-corrected chi connectivity index (χ4v) is 13.0. The average molecular weight is 810 g/mol. The molecular weight excluding hydrogens is 777 g/mol. The zero-order valence-corrected chi connectivity index (χ0v) is 31.8. The summed E-state index contributed by atoms with van der Waals surface area (Å²) in [5.74, 6) is -2.89. The van der Waals surface area contributed by atoms with Gasteiger partial charge < -0.3 is 19.0 Å². The van der Waals surface area contributed by atoms with Crippen LogP contribution in [0.15, 0.2) is 121 Å². The lowest BCUT2D eigenvalue weighted by Gasteiger charge is -2.31. The Balaban J connectivity index is 1.64. The van der Waals surface area contributed by atoms with E-state index in [1.165, 1.54) is 72.8 Å². The first-order valence-electron chi connectivity index (χ1n) is 17.2. The van der Waals surface area contributed by atoms with Gasteiger partial charge in [-0.1, -0.05) is 29.6 Å². The largest absolute Gasteiger partial charge is 0.506 e. The van der Waals surface area contributed by atoms with Crippen LogP contribution in [0.5, 0.6) is 11.5 Å². The van der Waals surface area contributed by atoms with Gasteiger partial charge in [0.2, 0.25) is 0 Å². The van der Waals surface area contributed by atoms with Crippen molar-refractivity contribution < 1.29 is 36.5 Å². The maximum atomic E-state index is 16.2. The number of benzene rings is 6. The van der Waals surface area contributed by atoms with Crippen LogP contribution in [0.25, 0.3) is 11.1 Å². The molecule has 1 aliphatic rings. The molecule has 0 atom stereocenters. The minimum Gasteiger partial charge on any atom is -0.506 e. The Hall–Kier alpha value is -4.32. The van der Waals surface area contributed by atoms with E-state index < -0.39 is 43.3 Å². The number of ether oxygens (including phenoxy) is 1. The fraction of sp³-hybridized carbons (Fsp3) is 0.143. The SMILES string of the molecule is O=P(c1ccc(F)cc1)(c1ccc(F)cc1)c1ccc(Cl)c(O)c1-c1c(P(=O)(c2ccc(F)cc2)c2ccc(F)cc2)ccc(Cl)c1OC1CCCCC1. The molecule has 1 fully saturated rings. The number of hydrogen-bond acceptors (Lipinski definition) is 4.